The highest BCUT2D eigenvalue weighted by atomic mass is 14.7. The molecule has 2 aromatic heterocycles. The molecule has 0 saturated heterocycles. The van der Waals surface area contributed by atoms with E-state index in [1.165, 1.54) is 37.9 Å². The van der Waals surface area contributed by atoms with Gasteiger partial charge in [-0.2, -0.15) is 0 Å². The van der Waals surface area contributed by atoms with Crippen LogP contribution in [-0.4, -0.2) is 9.97 Å². The molecule has 0 spiro atoms. The Kier molecular flexibility index (Phi) is 7.63. The number of nitrogens with zero attached hydrogens (tertiary/aromatic N) is 2. The van der Waals surface area contributed by atoms with E-state index in [1.807, 2.05) is 25.5 Å². The van der Waals surface area contributed by atoms with E-state index < -0.39 is 0 Å². The Bertz CT molecular complexity index is 2250. The van der Waals surface area contributed by atoms with Crippen LogP contribution in [0.25, 0.3) is 44.2 Å². The lowest BCUT2D eigenvalue weighted by molar-refractivity contribution is 1.20. The molecule has 0 unspecified atom stereocenters. The van der Waals surface area contributed by atoms with Crippen LogP contribution >= 0.6 is 0 Å². The molecule has 0 radical (unpaired) electrons. The Labute approximate surface area is 264 Å². The SMILES string of the molecule is C=C1/C=C\C=C/C/C(c2ccc(-c3cncc(C)c3)c3ccccc23)=c2/cccc/c2=C/1c1ccc(-c2ccc(C)nc2)cc1. The normalized spacial score (nSPS) is 17.1. The number of aromatic nitrogens is 2. The second-order valence-corrected chi connectivity index (χ2v) is 11.6. The summed E-state index contributed by atoms with van der Waals surface area (Å²) in [6.45, 7) is 8.66. The Morgan fingerprint density at radius 1 is 0.600 bits per heavy atom. The van der Waals surface area contributed by atoms with Crippen LogP contribution in [0.4, 0.5) is 0 Å². The van der Waals surface area contributed by atoms with E-state index >= 15 is 0 Å². The van der Waals surface area contributed by atoms with Crippen LogP contribution in [-0.2, 0) is 0 Å². The van der Waals surface area contributed by atoms with Gasteiger partial charge in [0.2, 0.25) is 0 Å². The van der Waals surface area contributed by atoms with Gasteiger partial charge >= 0.3 is 0 Å². The van der Waals surface area contributed by atoms with Crippen molar-refractivity contribution < 1.29 is 0 Å². The van der Waals surface area contributed by atoms with E-state index in [0.29, 0.717) is 0 Å². The minimum atomic E-state index is 0.801. The predicted molar refractivity (Wildman–Crippen MR) is 189 cm³/mol. The Morgan fingerprint density at radius 2 is 1.29 bits per heavy atom. The van der Waals surface area contributed by atoms with Crippen LogP contribution in [0.5, 0.6) is 0 Å². The molecule has 7 rings (SSSR count). The molecule has 0 aliphatic heterocycles. The van der Waals surface area contributed by atoms with Gasteiger partial charge in [-0.1, -0.05) is 122 Å². The lowest BCUT2D eigenvalue weighted by Crippen LogP contribution is -2.30. The lowest BCUT2D eigenvalue weighted by Gasteiger charge is -2.16. The van der Waals surface area contributed by atoms with Crippen molar-refractivity contribution in [1.82, 2.24) is 9.97 Å². The van der Waals surface area contributed by atoms with Gasteiger partial charge in [-0.15, -0.1) is 0 Å². The molecule has 0 atom stereocenters. The van der Waals surface area contributed by atoms with E-state index in [2.05, 4.69) is 151 Å². The summed E-state index contributed by atoms with van der Waals surface area (Å²) in [5.74, 6) is 0. The average Bonchev–Trinajstić information content (AvgIpc) is 3.07. The van der Waals surface area contributed by atoms with E-state index in [1.54, 1.807) is 0 Å². The topological polar surface area (TPSA) is 25.8 Å². The Morgan fingerprint density at radius 3 is 2.04 bits per heavy atom. The van der Waals surface area contributed by atoms with Gasteiger partial charge in [0.15, 0.2) is 0 Å². The summed E-state index contributed by atoms with van der Waals surface area (Å²) >= 11 is 0. The number of hydrogen-bond acceptors (Lipinski definition) is 2. The zero-order chi connectivity index (χ0) is 30.8. The summed E-state index contributed by atoms with van der Waals surface area (Å²) < 4.78 is 0. The zero-order valence-electron chi connectivity index (χ0n) is 25.7. The number of benzene rings is 4. The van der Waals surface area contributed by atoms with Crippen LogP contribution in [0.15, 0.2) is 158 Å². The summed E-state index contributed by atoms with van der Waals surface area (Å²) in [4.78, 5) is 8.98. The number of pyridine rings is 2. The fourth-order valence-corrected chi connectivity index (χ4v) is 6.35. The van der Waals surface area contributed by atoms with E-state index in [0.717, 1.165) is 51.1 Å². The molecule has 0 saturated carbocycles. The molecule has 2 heterocycles. The van der Waals surface area contributed by atoms with Gasteiger partial charge in [-0.25, -0.2) is 0 Å². The number of allylic oxidation sites excluding steroid dienone is 5. The van der Waals surface area contributed by atoms with Gasteiger partial charge in [-0.05, 0) is 98.1 Å². The van der Waals surface area contributed by atoms with Gasteiger partial charge in [0.25, 0.3) is 0 Å². The quantitative estimate of drug-likeness (QED) is 0.209. The van der Waals surface area contributed by atoms with Crippen molar-refractivity contribution in [3.63, 3.8) is 0 Å². The summed E-state index contributed by atoms with van der Waals surface area (Å²) in [6.07, 6.45) is 15.2. The first-order valence-electron chi connectivity index (χ1n) is 15.4. The molecule has 0 amide bonds. The highest BCUT2D eigenvalue weighted by Gasteiger charge is 2.14. The molecule has 45 heavy (non-hydrogen) atoms. The summed E-state index contributed by atoms with van der Waals surface area (Å²) in [7, 11) is 0. The molecule has 4 aromatic carbocycles. The third-order valence-electron chi connectivity index (χ3n) is 8.56. The minimum absolute atomic E-state index is 0.801. The van der Waals surface area contributed by atoms with E-state index in [9.17, 15) is 0 Å². The molecule has 0 fully saturated rings. The van der Waals surface area contributed by atoms with Crippen molar-refractivity contribution in [3.8, 4) is 22.3 Å². The van der Waals surface area contributed by atoms with Crippen molar-refractivity contribution in [2.24, 2.45) is 0 Å². The third-order valence-corrected chi connectivity index (χ3v) is 8.56. The van der Waals surface area contributed by atoms with Gasteiger partial charge in [0.05, 0.1) is 0 Å². The molecular formula is C43H34N2. The van der Waals surface area contributed by atoms with Crippen molar-refractivity contribution in [2.45, 2.75) is 20.3 Å². The van der Waals surface area contributed by atoms with E-state index in [-0.39, 0.29) is 0 Å². The summed E-state index contributed by atoms with van der Waals surface area (Å²) in [5.41, 5.74) is 12.5. The number of rotatable bonds is 4. The van der Waals surface area contributed by atoms with Gasteiger partial charge in [-0.3, -0.25) is 9.97 Å². The van der Waals surface area contributed by atoms with Gasteiger partial charge in [0, 0.05) is 35.4 Å². The predicted octanol–water partition coefficient (Wildman–Crippen LogP) is 9.05. The highest BCUT2D eigenvalue weighted by molar-refractivity contribution is 6.03. The number of hydrogen-bond donors (Lipinski definition) is 0. The fourth-order valence-electron chi connectivity index (χ4n) is 6.35. The molecule has 0 N–H and O–H groups in total. The lowest BCUT2D eigenvalue weighted by atomic mass is 9.88. The third kappa shape index (κ3) is 5.59. The van der Waals surface area contributed by atoms with Crippen molar-refractivity contribution >= 4 is 21.9 Å². The largest absolute Gasteiger partial charge is 0.264 e. The van der Waals surface area contributed by atoms with Gasteiger partial charge < -0.3 is 0 Å². The highest BCUT2D eigenvalue weighted by Crippen LogP contribution is 2.34. The van der Waals surface area contributed by atoms with Crippen LogP contribution in [0.1, 0.15) is 28.8 Å². The molecule has 6 aromatic rings. The van der Waals surface area contributed by atoms with Crippen molar-refractivity contribution in [3.05, 3.63) is 191 Å². The standard InChI is InChI=1S/C43H34N2/c1-29-25-35(27-44-26-29)36-23-24-41(38-14-8-7-13-37(36)38)39-12-6-4-5-11-30(2)43(42-16-10-9-15-40(39)42)33-21-19-32(20-22-33)34-18-17-31(3)45-28-34/h4-11,13-28H,2,12H2,1,3H3/b6-4-,11-5-,40-39+,43-42+. The van der Waals surface area contributed by atoms with Crippen LogP contribution in [0, 0.1) is 13.8 Å². The fraction of sp³-hybridized carbons (Fsp3) is 0.0698. The van der Waals surface area contributed by atoms with Crippen LogP contribution in [0.3, 0.4) is 0 Å². The molecule has 1 aliphatic carbocycles. The van der Waals surface area contributed by atoms with Crippen LogP contribution < -0.4 is 10.4 Å². The molecular weight excluding hydrogens is 544 g/mol. The first kappa shape index (κ1) is 28.2. The number of aryl methyl sites for hydroxylation is 2. The summed E-state index contributed by atoms with van der Waals surface area (Å²) in [6, 6.07) is 37.3. The van der Waals surface area contributed by atoms with E-state index in [4.69, 9.17) is 0 Å². The maximum Gasteiger partial charge on any atom is 0.0373 e. The Balaban J connectivity index is 1.49. The van der Waals surface area contributed by atoms with Crippen molar-refractivity contribution in [2.75, 3.05) is 0 Å². The smallest absolute Gasteiger partial charge is 0.0373 e. The van der Waals surface area contributed by atoms with Gasteiger partial charge in [0.1, 0.15) is 0 Å². The first-order valence-corrected chi connectivity index (χ1v) is 15.4. The van der Waals surface area contributed by atoms with Crippen molar-refractivity contribution in [1.29, 1.82) is 0 Å². The molecule has 2 nitrogen and oxygen atoms in total. The summed E-state index contributed by atoms with van der Waals surface area (Å²) in [5, 5.41) is 4.86. The molecule has 216 valence electrons. The molecule has 2 heteroatoms. The average molecular weight is 579 g/mol. The molecule has 0 bridgehead atoms. The molecule has 1 aliphatic rings. The first-order chi connectivity index (χ1) is 22.1. The maximum absolute atomic E-state index is 4.55. The second kappa shape index (κ2) is 12.2. The zero-order valence-corrected chi connectivity index (χ0v) is 25.7. The maximum atomic E-state index is 4.55. The second-order valence-electron chi connectivity index (χ2n) is 11.6. The Hall–Kier alpha value is -5.60. The monoisotopic (exact) mass is 578 g/mol. The van der Waals surface area contributed by atoms with Crippen LogP contribution in [0.2, 0.25) is 0 Å². The number of fused-ring (bicyclic) bond motifs is 2. The minimum Gasteiger partial charge on any atom is -0.264 e.